The van der Waals surface area contributed by atoms with Crippen molar-refractivity contribution in [3.63, 3.8) is 0 Å². The molecule has 0 aliphatic heterocycles. The van der Waals surface area contributed by atoms with E-state index in [0.29, 0.717) is 13.2 Å². The van der Waals surface area contributed by atoms with E-state index < -0.39 is 11.9 Å². The molecule has 42 heavy (non-hydrogen) atoms. The average Bonchev–Trinajstić information content (AvgIpc) is 2.93. The van der Waals surface area contributed by atoms with E-state index in [-0.39, 0.29) is 0 Å². The fourth-order valence-electron chi connectivity index (χ4n) is 5.30. The number of likely N-dealkylation sites (N-methyl/N-ethyl adjacent to an activating group) is 2. The number of carbonyl (C=O) groups excluding carboxylic acids is 2. The number of esters is 2. The van der Waals surface area contributed by atoms with Gasteiger partial charge in [-0.1, -0.05) is 117 Å². The summed E-state index contributed by atoms with van der Waals surface area (Å²) >= 11 is 0. The average molecular weight is 597 g/mol. The van der Waals surface area contributed by atoms with E-state index in [4.69, 9.17) is 9.47 Å². The molecule has 0 unspecified atom stereocenters. The summed E-state index contributed by atoms with van der Waals surface area (Å²) in [6, 6.07) is 0. The maximum Gasteiger partial charge on any atom is 0.331 e. The van der Waals surface area contributed by atoms with Crippen LogP contribution in [-0.2, 0) is 19.1 Å². The molecule has 6 heteroatoms. The zero-order valence-corrected chi connectivity index (χ0v) is 29.1. The summed E-state index contributed by atoms with van der Waals surface area (Å²) in [5, 5.41) is 0. The van der Waals surface area contributed by atoms with Crippen LogP contribution in [0.3, 0.4) is 0 Å². The molecule has 0 N–H and O–H groups in total. The van der Waals surface area contributed by atoms with Crippen molar-refractivity contribution in [2.75, 3.05) is 67.6 Å². The summed E-state index contributed by atoms with van der Waals surface area (Å²) in [5.74, 6) is -0.967. The summed E-state index contributed by atoms with van der Waals surface area (Å²) in [4.78, 5) is 24.1. The van der Waals surface area contributed by atoms with Gasteiger partial charge >= 0.3 is 11.9 Å². The molecule has 0 radical (unpaired) electrons. The van der Waals surface area contributed by atoms with Gasteiger partial charge in [0.2, 0.25) is 0 Å². The van der Waals surface area contributed by atoms with Crippen molar-refractivity contribution in [2.45, 2.75) is 142 Å². The Balaban J connectivity index is 3.83. The van der Waals surface area contributed by atoms with Crippen molar-refractivity contribution in [1.29, 1.82) is 0 Å². The fourth-order valence-corrected chi connectivity index (χ4v) is 5.30. The predicted molar refractivity (Wildman–Crippen MR) is 178 cm³/mol. The van der Waals surface area contributed by atoms with Crippen LogP contribution in [0.4, 0.5) is 0 Å². The number of rotatable bonds is 30. The molecule has 0 aliphatic carbocycles. The molecule has 0 fully saturated rings. The van der Waals surface area contributed by atoms with Crippen LogP contribution in [0.15, 0.2) is 12.2 Å². The number of quaternary nitrogens is 2. The molecule has 0 aliphatic rings. The first kappa shape index (κ1) is 40.6. The van der Waals surface area contributed by atoms with E-state index in [1.165, 1.54) is 141 Å². The number of hydrogen-bond acceptors (Lipinski definition) is 4. The van der Waals surface area contributed by atoms with E-state index in [9.17, 15) is 9.59 Å². The number of ether oxygens (including phenoxy) is 2. The third kappa shape index (κ3) is 28.7. The van der Waals surface area contributed by atoms with Crippen LogP contribution in [-0.4, -0.2) is 88.5 Å². The number of carbonyl (C=O) groups is 2. The topological polar surface area (TPSA) is 52.6 Å². The molecule has 0 aromatic rings. The molecule has 0 heterocycles. The molecule has 0 saturated heterocycles. The normalized spacial score (nSPS) is 12.2. The molecule has 0 spiro atoms. The van der Waals surface area contributed by atoms with Gasteiger partial charge in [-0.25, -0.2) is 9.59 Å². The van der Waals surface area contributed by atoms with Crippen molar-refractivity contribution in [2.24, 2.45) is 0 Å². The van der Waals surface area contributed by atoms with Crippen molar-refractivity contribution >= 4 is 11.9 Å². The molecular formula is C36H72N2O4+2. The van der Waals surface area contributed by atoms with Gasteiger partial charge in [0.05, 0.1) is 41.3 Å². The lowest BCUT2D eigenvalue weighted by Gasteiger charge is -2.29. The molecule has 0 aromatic heterocycles. The third-order valence-corrected chi connectivity index (χ3v) is 8.47. The summed E-state index contributed by atoms with van der Waals surface area (Å²) in [6.45, 7) is 8.96. The van der Waals surface area contributed by atoms with Gasteiger partial charge in [0.1, 0.15) is 26.3 Å². The zero-order chi connectivity index (χ0) is 31.4. The second-order valence-electron chi connectivity index (χ2n) is 13.8. The van der Waals surface area contributed by atoms with Gasteiger partial charge in [0, 0.05) is 12.2 Å². The smallest absolute Gasteiger partial charge is 0.331 e. The van der Waals surface area contributed by atoms with E-state index in [1.54, 1.807) is 0 Å². The minimum atomic E-state index is -0.483. The van der Waals surface area contributed by atoms with E-state index in [1.807, 2.05) is 0 Å². The van der Waals surface area contributed by atoms with Gasteiger partial charge in [-0.05, 0) is 25.7 Å². The molecule has 248 valence electrons. The first-order valence-corrected chi connectivity index (χ1v) is 17.8. The summed E-state index contributed by atoms with van der Waals surface area (Å²) < 4.78 is 12.3. The first-order valence-electron chi connectivity index (χ1n) is 17.8. The third-order valence-electron chi connectivity index (χ3n) is 8.47. The van der Waals surface area contributed by atoms with Gasteiger partial charge in [-0.2, -0.15) is 0 Å². The Hall–Kier alpha value is -1.40. The number of nitrogens with zero attached hydrogens (tertiary/aromatic N) is 2. The van der Waals surface area contributed by atoms with Crippen molar-refractivity contribution in [3.8, 4) is 0 Å². The molecule has 0 saturated carbocycles. The highest BCUT2D eigenvalue weighted by molar-refractivity contribution is 5.91. The molecule has 0 aromatic carbocycles. The minimum Gasteiger partial charge on any atom is -0.457 e. The molecule has 0 bridgehead atoms. The second-order valence-corrected chi connectivity index (χ2v) is 13.8. The summed E-state index contributed by atoms with van der Waals surface area (Å²) in [5.41, 5.74) is 0. The number of hydrogen-bond donors (Lipinski definition) is 0. The van der Waals surface area contributed by atoms with Crippen LogP contribution < -0.4 is 0 Å². The van der Waals surface area contributed by atoms with Crippen molar-refractivity contribution in [1.82, 2.24) is 0 Å². The van der Waals surface area contributed by atoms with Gasteiger partial charge in [-0.3, -0.25) is 0 Å². The van der Waals surface area contributed by atoms with Gasteiger partial charge in [-0.15, -0.1) is 0 Å². The lowest BCUT2D eigenvalue weighted by atomic mass is 10.1. The van der Waals surface area contributed by atoms with Crippen LogP contribution in [0.2, 0.25) is 0 Å². The Kier molecular flexibility index (Phi) is 26.3. The molecule has 0 amide bonds. The van der Waals surface area contributed by atoms with Crippen molar-refractivity contribution in [3.05, 3.63) is 12.2 Å². The molecule has 0 rings (SSSR count). The van der Waals surface area contributed by atoms with Crippen LogP contribution in [0.1, 0.15) is 142 Å². The maximum atomic E-state index is 12.1. The summed E-state index contributed by atoms with van der Waals surface area (Å²) in [7, 11) is 8.74. The highest BCUT2D eigenvalue weighted by Crippen LogP contribution is 2.13. The lowest BCUT2D eigenvalue weighted by molar-refractivity contribution is -0.890. The monoisotopic (exact) mass is 597 g/mol. The molecule has 6 nitrogen and oxygen atoms in total. The van der Waals surface area contributed by atoms with E-state index >= 15 is 0 Å². The largest absolute Gasteiger partial charge is 0.457 e. The zero-order valence-electron chi connectivity index (χ0n) is 29.1. The van der Waals surface area contributed by atoms with Crippen LogP contribution >= 0.6 is 0 Å². The Labute approximate surface area is 261 Å². The van der Waals surface area contributed by atoms with Crippen LogP contribution in [0.5, 0.6) is 0 Å². The Bertz CT molecular complexity index is 619. The Morgan fingerprint density at radius 2 is 0.690 bits per heavy atom. The Morgan fingerprint density at radius 3 is 0.976 bits per heavy atom. The highest BCUT2D eigenvalue weighted by atomic mass is 16.5. The SMILES string of the molecule is CCCCCCCCCCCC[N+](C)(C)CCOC(=O)/C=C/C(=O)OCC[N+](C)(C)CCCCCCCCCCCC. The maximum absolute atomic E-state index is 12.1. The summed E-state index contributed by atoms with van der Waals surface area (Å²) in [6.07, 6.45) is 29.1. The fraction of sp³-hybridized carbons (Fsp3) is 0.889. The van der Waals surface area contributed by atoms with E-state index in [0.717, 1.165) is 35.1 Å². The second kappa shape index (κ2) is 27.2. The van der Waals surface area contributed by atoms with Gasteiger partial charge < -0.3 is 18.4 Å². The highest BCUT2D eigenvalue weighted by Gasteiger charge is 2.16. The Morgan fingerprint density at radius 1 is 0.429 bits per heavy atom. The predicted octanol–water partition coefficient (Wildman–Crippen LogP) is 8.62. The van der Waals surface area contributed by atoms with Crippen LogP contribution in [0.25, 0.3) is 0 Å². The molecule has 0 atom stereocenters. The molecular weight excluding hydrogens is 524 g/mol. The first-order chi connectivity index (χ1) is 20.1. The minimum absolute atomic E-state index is 0.355. The van der Waals surface area contributed by atoms with E-state index in [2.05, 4.69) is 42.0 Å². The standard InChI is InChI=1S/C36H72N2O4/c1-7-9-11-13-15-17-19-21-23-25-29-37(3,4)31-33-41-35(39)27-28-36(40)42-34-32-38(5,6)30-26-24-22-20-18-16-14-12-10-8-2/h27-28H,7-26,29-34H2,1-6H3/q+2/b28-27+. The number of unbranched alkanes of at least 4 members (excludes halogenated alkanes) is 18. The van der Waals surface area contributed by atoms with Gasteiger partial charge in [0.25, 0.3) is 0 Å². The quantitative estimate of drug-likeness (QED) is 0.0360. The lowest BCUT2D eigenvalue weighted by Crippen LogP contribution is -2.43. The van der Waals surface area contributed by atoms with Crippen LogP contribution in [0, 0.1) is 0 Å². The van der Waals surface area contributed by atoms with Crippen molar-refractivity contribution < 1.29 is 28.0 Å². The van der Waals surface area contributed by atoms with Gasteiger partial charge in [0.15, 0.2) is 0 Å².